The molecule has 0 aliphatic carbocycles. The lowest BCUT2D eigenvalue weighted by molar-refractivity contribution is -0.142. The first-order valence-electron chi connectivity index (χ1n) is 13.6. The molecule has 0 amide bonds. The molecule has 2 atom stereocenters. The van der Waals surface area contributed by atoms with Gasteiger partial charge in [-0.15, -0.1) is 0 Å². The highest BCUT2D eigenvalue weighted by atomic mass is 35.5. The quantitative estimate of drug-likeness (QED) is 0.164. The van der Waals surface area contributed by atoms with Crippen LogP contribution < -0.4 is 0 Å². The van der Waals surface area contributed by atoms with Gasteiger partial charge >= 0.3 is 5.97 Å². The first-order chi connectivity index (χ1) is 19.6. The van der Waals surface area contributed by atoms with Gasteiger partial charge in [0.2, 0.25) is 0 Å². The average Bonchev–Trinajstić information content (AvgIpc) is 2.95. The van der Waals surface area contributed by atoms with Gasteiger partial charge in [0.05, 0.1) is 29.3 Å². The molecule has 0 saturated carbocycles. The largest absolute Gasteiger partial charge is 0.481 e. The Morgan fingerprint density at radius 3 is 2.59 bits per heavy atom. The highest BCUT2D eigenvalue weighted by molar-refractivity contribution is 7.99. The SMILES string of the molecule is COCC(CSC(CCc1ccccc1C(C)(C)O)c1cccc(C=Cc2ccc3ccc(Cl)cc3n2)c1)C(=O)O. The van der Waals surface area contributed by atoms with Crippen molar-refractivity contribution in [1.82, 2.24) is 4.98 Å². The van der Waals surface area contributed by atoms with Gasteiger partial charge in [0.1, 0.15) is 0 Å². The topological polar surface area (TPSA) is 79.7 Å². The van der Waals surface area contributed by atoms with E-state index in [4.69, 9.17) is 21.3 Å². The number of aromatic nitrogens is 1. The first-order valence-corrected chi connectivity index (χ1v) is 15.0. The molecule has 0 radical (unpaired) electrons. The Morgan fingerprint density at radius 1 is 1.05 bits per heavy atom. The van der Waals surface area contributed by atoms with Crippen molar-refractivity contribution in [1.29, 1.82) is 0 Å². The van der Waals surface area contributed by atoms with Crippen LogP contribution in [0.5, 0.6) is 0 Å². The lowest BCUT2D eigenvalue weighted by Crippen LogP contribution is -2.22. The number of aryl methyl sites for hydroxylation is 1. The van der Waals surface area contributed by atoms with Gasteiger partial charge in [-0.25, -0.2) is 4.98 Å². The predicted octanol–water partition coefficient (Wildman–Crippen LogP) is 8.04. The van der Waals surface area contributed by atoms with Gasteiger partial charge in [-0.1, -0.05) is 78.3 Å². The number of fused-ring (bicyclic) bond motifs is 1. The van der Waals surface area contributed by atoms with Crippen LogP contribution in [0.2, 0.25) is 5.02 Å². The van der Waals surface area contributed by atoms with Gasteiger partial charge in [-0.05, 0) is 73.2 Å². The maximum absolute atomic E-state index is 11.8. The van der Waals surface area contributed by atoms with Gasteiger partial charge in [0, 0.05) is 28.5 Å². The summed E-state index contributed by atoms with van der Waals surface area (Å²) in [6, 6.07) is 26.0. The van der Waals surface area contributed by atoms with Crippen molar-refractivity contribution >= 4 is 52.4 Å². The Hall–Kier alpha value is -3.16. The van der Waals surface area contributed by atoms with Crippen molar-refractivity contribution in [3.63, 3.8) is 0 Å². The van der Waals surface area contributed by atoms with Crippen LogP contribution in [0.1, 0.15) is 53.5 Å². The Morgan fingerprint density at radius 2 is 1.83 bits per heavy atom. The van der Waals surface area contributed by atoms with E-state index in [1.165, 1.54) is 7.11 Å². The number of ether oxygens (including phenoxy) is 1. The summed E-state index contributed by atoms with van der Waals surface area (Å²) in [7, 11) is 1.53. The molecule has 1 aromatic heterocycles. The molecule has 0 saturated heterocycles. The van der Waals surface area contributed by atoms with Crippen LogP contribution in [0.3, 0.4) is 0 Å². The number of rotatable bonds is 13. The van der Waals surface area contributed by atoms with E-state index in [9.17, 15) is 15.0 Å². The molecule has 3 aromatic carbocycles. The number of pyridine rings is 1. The second-order valence-electron chi connectivity index (χ2n) is 10.6. The van der Waals surface area contributed by atoms with Gasteiger partial charge in [-0.3, -0.25) is 4.79 Å². The molecule has 7 heteroatoms. The standard InChI is InChI=1S/C34H36ClNO4S/c1-34(2,39)30-10-5-4-8-24(30)14-18-32(41-22-27(21-40-3)33(37)38)26-9-6-7-23(19-26)11-16-29-17-13-25-12-15-28(35)20-31(25)36-29/h4-13,15-17,19-20,27,32,39H,14,18,21-22H2,1-3H3,(H,37,38). The van der Waals surface area contributed by atoms with Crippen LogP contribution in [0.25, 0.3) is 23.1 Å². The monoisotopic (exact) mass is 589 g/mol. The molecule has 2 N–H and O–H groups in total. The maximum atomic E-state index is 11.8. The number of carbonyl (C=O) groups is 1. The minimum absolute atomic E-state index is 0.0536. The molecule has 0 aliphatic heterocycles. The minimum Gasteiger partial charge on any atom is -0.481 e. The number of halogens is 1. The number of nitrogens with zero attached hydrogens (tertiary/aromatic N) is 1. The van der Waals surface area contributed by atoms with E-state index in [0.717, 1.165) is 51.7 Å². The zero-order valence-corrected chi connectivity index (χ0v) is 25.2. The lowest BCUT2D eigenvalue weighted by atomic mass is 9.90. The molecule has 1 heterocycles. The van der Waals surface area contributed by atoms with E-state index in [0.29, 0.717) is 10.8 Å². The maximum Gasteiger partial charge on any atom is 0.309 e. The summed E-state index contributed by atoms with van der Waals surface area (Å²) < 4.78 is 5.17. The van der Waals surface area contributed by atoms with Gasteiger partial charge < -0.3 is 14.9 Å². The van der Waals surface area contributed by atoms with Crippen LogP contribution in [0, 0.1) is 5.92 Å². The lowest BCUT2D eigenvalue weighted by Gasteiger charge is -2.24. The first kappa shape index (κ1) is 30.8. The van der Waals surface area contributed by atoms with Crippen molar-refractivity contribution in [2.45, 2.75) is 37.5 Å². The second-order valence-corrected chi connectivity index (χ2v) is 12.3. The second kappa shape index (κ2) is 14.1. The summed E-state index contributed by atoms with van der Waals surface area (Å²) in [6.45, 7) is 3.77. The Labute approximate surface area is 251 Å². The number of thioether (sulfide) groups is 1. The van der Waals surface area contributed by atoms with Crippen molar-refractivity contribution in [2.75, 3.05) is 19.5 Å². The Kier molecular flexibility index (Phi) is 10.6. The van der Waals surface area contributed by atoms with Crippen LogP contribution in [-0.2, 0) is 21.6 Å². The minimum atomic E-state index is -0.945. The molecule has 214 valence electrons. The molecule has 5 nitrogen and oxygen atoms in total. The molecule has 4 aromatic rings. The molecule has 4 rings (SSSR count). The molecular formula is C34H36ClNO4S. The third-order valence-electron chi connectivity index (χ3n) is 6.97. The number of aliphatic hydroxyl groups is 1. The van der Waals surface area contributed by atoms with E-state index in [1.807, 2.05) is 72.8 Å². The summed E-state index contributed by atoms with van der Waals surface area (Å²) in [4.78, 5) is 16.5. The fourth-order valence-electron chi connectivity index (χ4n) is 4.84. The molecule has 0 fully saturated rings. The van der Waals surface area contributed by atoms with Crippen LogP contribution in [0.15, 0.2) is 78.9 Å². The fraction of sp³-hybridized carbons (Fsp3) is 0.294. The van der Waals surface area contributed by atoms with Crippen molar-refractivity contribution in [3.05, 3.63) is 112 Å². The molecule has 0 aliphatic rings. The zero-order valence-electron chi connectivity index (χ0n) is 23.6. The number of carboxylic acid groups (broad SMARTS) is 1. The summed E-state index contributed by atoms with van der Waals surface area (Å²) in [5.74, 6) is -1.01. The van der Waals surface area contributed by atoms with Gasteiger partial charge in [0.25, 0.3) is 0 Å². The van der Waals surface area contributed by atoms with E-state index in [2.05, 4.69) is 18.2 Å². The highest BCUT2D eigenvalue weighted by Gasteiger charge is 2.23. The van der Waals surface area contributed by atoms with E-state index in [-0.39, 0.29) is 11.9 Å². The van der Waals surface area contributed by atoms with Crippen molar-refractivity contribution < 1.29 is 19.7 Å². The molecule has 0 bridgehead atoms. The molecule has 0 spiro atoms. The number of aliphatic carboxylic acids is 1. The smallest absolute Gasteiger partial charge is 0.309 e. The number of carboxylic acids is 1. The van der Waals surface area contributed by atoms with E-state index in [1.54, 1.807) is 25.6 Å². The Balaban J connectivity index is 1.58. The fourth-order valence-corrected chi connectivity index (χ4v) is 6.33. The molecule has 2 unspecified atom stereocenters. The summed E-state index contributed by atoms with van der Waals surface area (Å²) in [6.07, 6.45) is 5.57. The van der Waals surface area contributed by atoms with Crippen LogP contribution >= 0.6 is 23.4 Å². The third kappa shape index (κ3) is 8.66. The summed E-state index contributed by atoms with van der Waals surface area (Å²) in [5, 5.41) is 22.1. The zero-order chi connectivity index (χ0) is 29.4. The van der Waals surface area contributed by atoms with Crippen molar-refractivity contribution in [2.24, 2.45) is 5.92 Å². The summed E-state index contributed by atoms with van der Waals surface area (Å²) in [5.41, 5.74) is 4.90. The normalized spacial score (nSPS) is 13.5. The molecular weight excluding hydrogens is 554 g/mol. The third-order valence-corrected chi connectivity index (χ3v) is 8.71. The van der Waals surface area contributed by atoms with Gasteiger partial charge in [0.15, 0.2) is 0 Å². The average molecular weight is 590 g/mol. The van der Waals surface area contributed by atoms with Crippen LogP contribution in [-0.4, -0.2) is 40.6 Å². The van der Waals surface area contributed by atoms with E-state index >= 15 is 0 Å². The number of benzene rings is 3. The van der Waals surface area contributed by atoms with Crippen LogP contribution in [0.4, 0.5) is 0 Å². The Bertz CT molecular complexity index is 1510. The number of hydrogen-bond donors (Lipinski definition) is 2. The van der Waals surface area contributed by atoms with Gasteiger partial charge in [-0.2, -0.15) is 11.8 Å². The molecule has 41 heavy (non-hydrogen) atoms. The predicted molar refractivity (Wildman–Crippen MR) is 170 cm³/mol. The van der Waals surface area contributed by atoms with Crippen molar-refractivity contribution in [3.8, 4) is 0 Å². The highest BCUT2D eigenvalue weighted by Crippen LogP contribution is 2.36. The number of hydrogen-bond acceptors (Lipinski definition) is 5. The summed E-state index contributed by atoms with van der Waals surface area (Å²) >= 11 is 7.79. The number of methoxy groups -OCH3 is 1. The van der Waals surface area contributed by atoms with E-state index < -0.39 is 17.5 Å².